The maximum absolute atomic E-state index is 2.12. The van der Waals surface area contributed by atoms with Gasteiger partial charge in [0.05, 0.1) is 0 Å². The average molecular weight is 437 g/mol. The number of rotatable bonds is 0. The van der Waals surface area contributed by atoms with Crippen molar-refractivity contribution in [1.29, 1.82) is 0 Å². The monoisotopic (exact) mass is 437 g/mol. The Labute approximate surface area is 167 Å². The zero-order valence-corrected chi connectivity index (χ0v) is 13.5. The Kier molecular flexibility index (Phi) is 13.5. The molecule has 0 bridgehead atoms. The summed E-state index contributed by atoms with van der Waals surface area (Å²) in [7, 11) is 0. The van der Waals surface area contributed by atoms with Crippen LogP contribution in [0, 0.1) is 92.6 Å². The Hall–Kier alpha value is 0.517. The molecule has 2 rings (SSSR count). The second-order valence-corrected chi connectivity index (χ2v) is 3.74. The van der Waals surface area contributed by atoms with Crippen LogP contribution in [0.2, 0.25) is 0 Å². The third-order valence-corrected chi connectivity index (χ3v) is 2.37. The van der Waals surface area contributed by atoms with Gasteiger partial charge in [-0.15, -0.1) is 0 Å². The van der Waals surface area contributed by atoms with Gasteiger partial charge >= 0.3 is 0 Å². The minimum absolute atomic E-state index is 0. The van der Waals surface area contributed by atoms with Crippen molar-refractivity contribution < 1.29 is 71.9 Å². The van der Waals surface area contributed by atoms with Gasteiger partial charge in [-0.05, 0) is 31.9 Å². The molecule has 0 spiro atoms. The molecule has 0 aliphatic rings. The van der Waals surface area contributed by atoms with E-state index in [1.807, 2.05) is 18.2 Å². The van der Waals surface area contributed by atoms with E-state index in [-0.39, 0.29) is 78.0 Å². The van der Waals surface area contributed by atoms with Crippen LogP contribution in [0.4, 0.5) is 0 Å². The Morgan fingerprint density at radius 2 is 0.941 bits per heavy atom. The summed E-state index contributed by atoms with van der Waals surface area (Å²) >= 11 is 0. The summed E-state index contributed by atoms with van der Waals surface area (Å²) < 4.78 is 0. The van der Waals surface area contributed by atoms with Crippen LogP contribution in [-0.2, 0) is 0 Å². The van der Waals surface area contributed by atoms with E-state index in [1.165, 1.54) is 16.7 Å². The number of benzene rings is 2. The molecule has 94 valence electrons. The summed E-state index contributed by atoms with van der Waals surface area (Å²) in [5.41, 5.74) is 4.06. The fraction of sp³-hybridized carbons (Fsp3) is 0.200. The molecule has 3 N–H and O–H groups in total. The van der Waals surface area contributed by atoms with Crippen molar-refractivity contribution >= 4 is 0 Å². The van der Waals surface area contributed by atoms with Crippen LogP contribution in [0.5, 0.6) is 0 Å². The van der Waals surface area contributed by atoms with Gasteiger partial charge in [0.2, 0.25) is 0 Å². The zero-order valence-electron chi connectivity index (χ0n) is 10.8. The molecule has 0 atom stereocenters. The van der Waals surface area contributed by atoms with Gasteiger partial charge in [0, 0.05) is 71.9 Å². The molecule has 0 saturated carbocycles. The molecule has 0 saturated heterocycles. The third kappa shape index (κ3) is 9.14. The van der Waals surface area contributed by atoms with E-state index in [9.17, 15) is 0 Å². The normalized spacial score (nSPS) is 7.94. The number of hydrogen-bond donors (Lipinski definition) is 1. The fourth-order valence-corrected chi connectivity index (χ4v) is 1.20. The largest absolute Gasteiger partial charge is 0.344 e. The predicted octanol–water partition coefficient (Wildman–Crippen LogP) is 4.46. The van der Waals surface area contributed by atoms with Gasteiger partial charge in [0.25, 0.3) is 0 Å². The molecule has 2 aromatic carbocycles. The Bertz CT molecular complexity index is 378. The SMILES string of the molecule is Cc1ccccc1.Cc1ccccc1C.N.[Rn]. The second kappa shape index (κ2) is 11.6. The minimum Gasteiger partial charge on any atom is -0.344 e. The van der Waals surface area contributed by atoms with E-state index in [0.717, 1.165) is 0 Å². The topological polar surface area (TPSA) is 35.0 Å². The van der Waals surface area contributed by atoms with Crippen molar-refractivity contribution in [3.63, 3.8) is 0 Å². The predicted molar refractivity (Wildman–Crippen MR) is 72.1 cm³/mol. The smallest absolute Gasteiger partial charge is 0 e. The summed E-state index contributed by atoms with van der Waals surface area (Å²) in [6.07, 6.45) is 0. The maximum atomic E-state index is 2.12. The van der Waals surface area contributed by atoms with Crippen molar-refractivity contribution in [3.8, 4) is 0 Å². The number of aryl methyl sites for hydroxylation is 3. The first-order valence-electron chi connectivity index (χ1n) is 5.24. The molecule has 0 fully saturated rings. The molecule has 0 aliphatic carbocycles. The summed E-state index contributed by atoms with van der Waals surface area (Å²) in [4.78, 5) is 0. The molecular formula is C15H21NRn. The fourth-order valence-electron chi connectivity index (χ4n) is 1.20. The maximum Gasteiger partial charge on any atom is 0 e. The van der Waals surface area contributed by atoms with Gasteiger partial charge < -0.3 is 6.15 Å². The molecule has 0 amide bonds. The molecule has 0 aliphatic heterocycles. The summed E-state index contributed by atoms with van der Waals surface area (Å²) in [5.74, 6) is 0. The Morgan fingerprint density at radius 3 is 1.18 bits per heavy atom. The Morgan fingerprint density at radius 1 is 0.588 bits per heavy atom. The van der Waals surface area contributed by atoms with Gasteiger partial charge in [-0.3, -0.25) is 0 Å². The van der Waals surface area contributed by atoms with Gasteiger partial charge in [-0.25, -0.2) is 0 Å². The molecule has 17 heavy (non-hydrogen) atoms. The van der Waals surface area contributed by atoms with E-state index in [1.54, 1.807) is 0 Å². The third-order valence-electron chi connectivity index (χ3n) is 2.37. The first-order valence-corrected chi connectivity index (χ1v) is 5.24. The molecule has 0 radical (unpaired) electrons. The molecular weight excluding hydrogens is 416 g/mol. The van der Waals surface area contributed by atoms with Crippen molar-refractivity contribution in [1.82, 2.24) is 6.15 Å². The van der Waals surface area contributed by atoms with Crippen molar-refractivity contribution in [2.24, 2.45) is 0 Å². The zero-order chi connectivity index (χ0) is 11.1. The molecule has 0 aromatic heterocycles. The molecule has 2 heteroatoms. The summed E-state index contributed by atoms with van der Waals surface area (Å²) in [5, 5.41) is 0. The molecule has 2 aromatic rings. The van der Waals surface area contributed by atoms with Gasteiger partial charge in [-0.2, -0.15) is 0 Å². The average Bonchev–Trinajstić information content (AvgIpc) is 2.25. The molecule has 0 unspecified atom stereocenters. The first-order chi connectivity index (χ1) is 7.20. The van der Waals surface area contributed by atoms with Crippen molar-refractivity contribution in [2.45, 2.75) is 20.8 Å². The van der Waals surface area contributed by atoms with Crippen LogP contribution in [0.3, 0.4) is 0 Å². The van der Waals surface area contributed by atoms with Crippen LogP contribution in [0.25, 0.3) is 0 Å². The van der Waals surface area contributed by atoms with Crippen LogP contribution < -0.4 is 6.15 Å². The van der Waals surface area contributed by atoms with Gasteiger partial charge in [-0.1, -0.05) is 60.2 Å². The quantitative estimate of drug-likeness (QED) is 0.649. The van der Waals surface area contributed by atoms with Crippen molar-refractivity contribution in [2.75, 3.05) is 0 Å². The van der Waals surface area contributed by atoms with Crippen LogP contribution in [0.15, 0.2) is 54.6 Å². The minimum atomic E-state index is 0. The standard InChI is InChI=1S/C8H10.C7H8.H3N.Rn/c1-7-5-3-4-6-8(7)2;1-7-5-3-2-4-6-7;;/h3-6H,1-2H3;2-6H,1H3;1H3;. The molecule has 1 nitrogen and oxygen atoms in total. The van der Waals surface area contributed by atoms with E-state index in [2.05, 4.69) is 57.2 Å². The molecule has 0 heterocycles. The number of hydrogen-bond acceptors (Lipinski definition) is 1. The van der Waals surface area contributed by atoms with E-state index in [0.29, 0.717) is 0 Å². The first kappa shape index (κ1) is 19.8. The van der Waals surface area contributed by atoms with Crippen molar-refractivity contribution in [3.05, 3.63) is 71.3 Å². The van der Waals surface area contributed by atoms with E-state index < -0.39 is 0 Å². The van der Waals surface area contributed by atoms with Gasteiger partial charge in [0.1, 0.15) is 0 Å². The summed E-state index contributed by atoms with van der Waals surface area (Å²) in [6, 6.07) is 18.6. The van der Waals surface area contributed by atoms with E-state index >= 15 is 0 Å². The van der Waals surface area contributed by atoms with E-state index in [4.69, 9.17) is 0 Å². The van der Waals surface area contributed by atoms with Crippen LogP contribution in [-0.4, -0.2) is 0 Å². The van der Waals surface area contributed by atoms with Crippen LogP contribution in [0.1, 0.15) is 16.7 Å². The second-order valence-electron chi connectivity index (χ2n) is 3.74. The van der Waals surface area contributed by atoms with Crippen LogP contribution >= 0.6 is 0 Å². The Balaban J connectivity index is 0. The summed E-state index contributed by atoms with van der Waals surface area (Å²) in [6.45, 7) is 6.32. The van der Waals surface area contributed by atoms with Gasteiger partial charge in [0.15, 0.2) is 0 Å².